The van der Waals surface area contributed by atoms with Gasteiger partial charge in [0, 0.05) is 24.7 Å². The second-order valence-electron chi connectivity index (χ2n) is 5.80. The van der Waals surface area contributed by atoms with E-state index in [4.69, 9.17) is 0 Å². The largest absolute Gasteiger partial charge is 0.296 e. The molecule has 3 aromatic rings. The van der Waals surface area contributed by atoms with Crippen LogP contribution in [0.1, 0.15) is 17.0 Å². The van der Waals surface area contributed by atoms with Crippen molar-refractivity contribution in [1.29, 1.82) is 0 Å². The van der Waals surface area contributed by atoms with Crippen LogP contribution in [0.5, 0.6) is 0 Å². The van der Waals surface area contributed by atoms with E-state index in [1.54, 1.807) is 12.1 Å². The molecule has 0 aliphatic rings. The summed E-state index contributed by atoms with van der Waals surface area (Å²) in [6.07, 6.45) is 0. The molecule has 0 saturated carbocycles. The second kappa shape index (κ2) is 6.72. The fourth-order valence-electron chi connectivity index (χ4n) is 2.70. The van der Waals surface area contributed by atoms with Crippen LogP contribution < -0.4 is 0 Å². The summed E-state index contributed by atoms with van der Waals surface area (Å²) in [6.45, 7) is 2.99. The Morgan fingerprint density at radius 3 is 2.33 bits per heavy atom. The van der Waals surface area contributed by atoms with Crippen molar-refractivity contribution < 1.29 is 4.92 Å². The van der Waals surface area contributed by atoms with E-state index in [-0.39, 0.29) is 10.6 Å². The number of aromatic nitrogens is 2. The van der Waals surface area contributed by atoms with Crippen LogP contribution in [0.2, 0.25) is 0 Å². The molecule has 0 atom stereocenters. The highest BCUT2D eigenvalue weighted by atomic mass is 16.6. The van der Waals surface area contributed by atoms with Crippen molar-refractivity contribution in [2.75, 3.05) is 7.05 Å². The molecule has 0 unspecified atom stereocenters. The molecule has 6 heteroatoms. The van der Waals surface area contributed by atoms with Crippen LogP contribution in [-0.2, 0) is 13.1 Å². The summed E-state index contributed by atoms with van der Waals surface area (Å²) < 4.78 is 0. The van der Waals surface area contributed by atoms with Crippen molar-refractivity contribution in [2.45, 2.75) is 20.0 Å². The van der Waals surface area contributed by atoms with E-state index in [9.17, 15) is 10.1 Å². The Labute approximate surface area is 139 Å². The Balaban J connectivity index is 1.81. The fourth-order valence-corrected chi connectivity index (χ4v) is 2.70. The third-order valence-corrected chi connectivity index (χ3v) is 3.89. The molecule has 0 aliphatic heterocycles. The lowest BCUT2D eigenvalue weighted by atomic mass is 10.1. The van der Waals surface area contributed by atoms with E-state index in [2.05, 4.69) is 9.97 Å². The van der Waals surface area contributed by atoms with Crippen LogP contribution in [0, 0.1) is 17.0 Å². The van der Waals surface area contributed by atoms with Crippen molar-refractivity contribution in [3.05, 3.63) is 75.6 Å². The van der Waals surface area contributed by atoms with Crippen LogP contribution in [0.25, 0.3) is 11.0 Å². The standard InChI is InChI=1S/C18H18N4O2/c1-13-17(20-16-9-5-4-8-15(16)19-13)12-21(2)11-14-7-3-6-10-18(14)22(23)24/h3-10H,11-12H2,1-2H3. The number of benzene rings is 2. The molecule has 0 spiro atoms. The summed E-state index contributed by atoms with van der Waals surface area (Å²) in [7, 11) is 1.92. The van der Waals surface area contributed by atoms with Crippen molar-refractivity contribution in [3.63, 3.8) is 0 Å². The summed E-state index contributed by atoms with van der Waals surface area (Å²) in [4.78, 5) is 22.1. The van der Waals surface area contributed by atoms with Crippen molar-refractivity contribution in [1.82, 2.24) is 14.9 Å². The van der Waals surface area contributed by atoms with Gasteiger partial charge in [-0.1, -0.05) is 30.3 Å². The first kappa shape index (κ1) is 16.0. The summed E-state index contributed by atoms with van der Waals surface area (Å²) in [5.74, 6) is 0. The number of para-hydroxylation sites is 3. The maximum absolute atomic E-state index is 11.1. The number of nitro groups is 1. The lowest BCUT2D eigenvalue weighted by Crippen LogP contribution is -2.19. The monoisotopic (exact) mass is 322 g/mol. The van der Waals surface area contributed by atoms with Gasteiger partial charge < -0.3 is 0 Å². The summed E-state index contributed by atoms with van der Waals surface area (Å²) in [5.41, 5.74) is 4.33. The molecule has 2 aromatic carbocycles. The van der Waals surface area contributed by atoms with Crippen molar-refractivity contribution >= 4 is 16.7 Å². The number of hydrogen-bond acceptors (Lipinski definition) is 5. The average Bonchev–Trinajstić information content (AvgIpc) is 2.55. The predicted octanol–water partition coefficient (Wildman–Crippen LogP) is 3.48. The Morgan fingerprint density at radius 2 is 1.62 bits per heavy atom. The molecule has 1 heterocycles. The highest BCUT2D eigenvalue weighted by molar-refractivity contribution is 5.74. The Kier molecular flexibility index (Phi) is 4.48. The molecule has 0 bridgehead atoms. The number of nitro benzene ring substituents is 1. The Bertz CT molecular complexity index is 895. The Morgan fingerprint density at radius 1 is 1.00 bits per heavy atom. The van der Waals surface area contributed by atoms with Crippen molar-refractivity contribution in [2.24, 2.45) is 0 Å². The maximum atomic E-state index is 11.1. The third kappa shape index (κ3) is 3.38. The van der Waals surface area contributed by atoms with E-state index >= 15 is 0 Å². The number of hydrogen-bond donors (Lipinski definition) is 0. The molecule has 0 radical (unpaired) electrons. The third-order valence-electron chi connectivity index (χ3n) is 3.89. The molecule has 0 N–H and O–H groups in total. The SMILES string of the molecule is Cc1nc2ccccc2nc1CN(C)Cc1ccccc1[N+](=O)[O-]. The Hall–Kier alpha value is -2.86. The van der Waals surface area contributed by atoms with Crippen LogP contribution in [-0.4, -0.2) is 26.8 Å². The van der Waals surface area contributed by atoms with Gasteiger partial charge in [0.05, 0.1) is 27.3 Å². The first-order valence-electron chi connectivity index (χ1n) is 7.67. The van der Waals surface area contributed by atoms with Gasteiger partial charge in [-0.25, -0.2) is 9.97 Å². The highest BCUT2D eigenvalue weighted by Crippen LogP contribution is 2.20. The predicted molar refractivity (Wildman–Crippen MR) is 92.5 cm³/mol. The lowest BCUT2D eigenvalue weighted by molar-refractivity contribution is -0.385. The van der Waals surface area contributed by atoms with E-state index in [0.717, 1.165) is 22.4 Å². The topological polar surface area (TPSA) is 72.2 Å². The molecular formula is C18H18N4O2. The molecule has 0 saturated heterocycles. The first-order valence-corrected chi connectivity index (χ1v) is 7.67. The number of rotatable bonds is 5. The number of aryl methyl sites for hydroxylation is 1. The summed E-state index contributed by atoms with van der Waals surface area (Å²) in [5, 5.41) is 11.1. The van der Waals surface area contributed by atoms with E-state index < -0.39 is 0 Å². The second-order valence-corrected chi connectivity index (χ2v) is 5.80. The van der Waals surface area contributed by atoms with Crippen LogP contribution in [0.15, 0.2) is 48.5 Å². The maximum Gasteiger partial charge on any atom is 0.273 e. The molecule has 1 aromatic heterocycles. The lowest BCUT2D eigenvalue weighted by Gasteiger charge is -2.17. The number of fused-ring (bicyclic) bond motifs is 1. The highest BCUT2D eigenvalue weighted by Gasteiger charge is 2.15. The minimum atomic E-state index is -0.343. The first-order chi connectivity index (χ1) is 11.5. The van der Waals surface area contributed by atoms with Gasteiger partial charge in [-0.2, -0.15) is 0 Å². The molecule has 0 fully saturated rings. The van der Waals surface area contributed by atoms with E-state index in [0.29, 0.717) is 18.7 Å². The molecular weight excluding hydrogens is 304 g/mol. The van der Waals surface area contributed by atoms with Gasteiger partial charge in [0.2, 0.25) is 0 Å². The molecule has 24 heavy (non-hydrogen) atoms. The number of nitrogens with zero attached hydrogens (tertiary/aromatic N) is 4. The van der Waals surface area contributed by atoms with Gasteiger partial charge in [0.15, 0.2) is 0 Å². The van der Waals surface area contributed by atoms with Gasteiger partial charge >= 0.3 is 0 Å². The zero-order valence-corrected chi connectivity index (χ0v) is 13.6. The van der Waals surface area contributed by atoms with Crippen LogP contribution in [0.3, 0.4) is 0 Å². The summed E-state index contributed by atoms with van der Waals surface area (Å²) >= 11 is 0. The zero-order chi connectivity index (χ0) is 17.1. The van der Waals surface area contributed by atoms with Gasteiger partial charge in [-0.15, -0.1) is 0 Å². The fraction of sp³-hybridized carbons (Fsp3) is 0.222. The summed E-state index contributed by atoms with van der Waals surface area (Å²) in [6, 6.07) is 14.6. The van der Waals surface area contributed by atoms with Gasteiger partial charge in [0.25, 0.3) is 5.69 Å². The smallest absolute Gasteiger partial charge is 0.273 e. The molecule has 6 nitrogen and oxygen atoms in total. The molecule has 122 valence electrons. The van der Waals surface area contributed by atoms with Crippen molar-refractivity contribution in [3.8, 4) is 0 Å². The van der Waals surface area contributed by atoms with Gasteiger partial charge in [-0.05, 0) is 26.1 Å². The van der Waals surface area contributed by atoms with E-state index in [1.165, 1.54) is 6.07 Å². The van der Waals surface area contributed by atoms with Gasteiger partial charge in [-0.3, -0.25) is 15.0 Å². The molecule has 3 rings (SSSR count). The van der Waals surface area contributed by atoms with Crippen LogP contribution in [0.4, 0.5) is 5.69 Å². The quantitative estimate of drug-likeness (QED) is 0.531. The zero-order valence-electron chi connectivity index (χ0n) is 13.6. The molecule has 0 amide bonds. The average molecular weight is 322 g/mol. The normalized spacial score (nSPS) is 11.1. The minimum absolute atomic E-state index is 0.144. The minimum Gasteiger partial charge on any atom is -0.296 e. The molecule has 0 aliphatic carbocycles. The van der Waals surface area contributed by atoms with Crippen LogP contribution >= 0.6 is 0 Å². The van der Waals surface area contributed by atoms with Gasteiger partial charge in [0.1, 0.15) is 0 Å². The van der Waals surface area contributed by atoms with E-state index in [1.807, 2.05) is 49.2 Å².